The second kappa shape index (κ2) is 2.76. The molecule has 0 unspecified atom stereocenters. The van der Waals surface area contributed by atoms with Crippen molar-refractivity contribution in [3.8, 4) is 5.75 Å². The lowest BCUT2D eigenvalue weighted by molar-refractivity contribution is 0.334. The maximum atomic E-state index is 9.48. The van der Waals surface area contributed by atoms with Crippen LogP contribution in [0.4, 0.5) is 0 Å². The molecule has 0 aliphatic heterocycles. The maximum absolute atomic E-state index is 9.48. The van der Waals surface area contributed by atoms with Gasteiger partial charge in [0.2, 0.25) is 0 Å². The highest BCUT2D eigenvalue weighted by Gasteiger charge is 1.86. The third-order valence-electron chi connectivity index (χ3n) is 0.792. The van der Waals surface area contributed by atoms with Crippen molar-refractivity contribution in [3.05, 3.63) is 29.4 Å². The highest BCUT2D eigenvalue weighted by atomic mass is 16.7. The van der Waals surface area contributed by atoms with E-state index >= 15 is 0 Å². The molecule has 0 fully saturated rings. The van der Waals surface area contributed by atoms with Gasteiger partial charge in [-0.3, -0.25) is 4.98 Å². The van der Waals surface area contributed by atoms with Gasteiger partial charge in [0.15, 0.2) is 11.1 Å². The van der Waals surface area contributed by atoms with Gasteiger partial charge in [-0.15, -0.1) is 4.91 Å². The smallest absolute Gasteiger partial charge is 0.164 e. The SMILES string of the molecule is O=NOc1ccncc1. The highest BCUT2D eigenvalue weighted by molar-refractivity contribution is 5.16. The normalized spacial score (nSPS) is 8.44. The molecule has 0 aliphatic rings. The van der Waals surface area contributed by atoms with Crippen LogP contribution in [0.2, 0.25) is 0 Å². The van der Waals surface area contributed by atoms with Crippen LogP contribution in [-0.4, -0.2) is 4.98 Å². The maximum Gasteiger partial charge on any atom is 0.164 e. The number of hydrogen-bond donors (Lipinski definition) is 0. The molecule has 0 radical (unpaired) electrons. The molecule has 0 amide bonds. The van der Waals surface area contributed by atoms with Crippen molar-refractivity contribution in [1.29, 1.82) is 0 Å². The monoisotopic (exact) mass is 124 g/mol. The van der Waals surface area contributed by atoms with E-state index in [1.807, 2.05) is 0 Å². The molecule has 0 aromatic carbocycles. The fourth-order valence-electron chi connectivity index (χ4n) is 0.442. The molecular formula is C5H4N2O2. The van der Waals surface area contributed by atoms with Crippen molar-refractivity contribution >= 4 is 0 Å². The molecule has 0 aliphatic carbocycles. The van der Waals surface area contributed by atoms with Crippen LogP contribution in [0, 0.1) is 4.91 Å². The second-order valence-electron chi connectivity index (χ2n) is 1.35. The van der Waals surface area contributed by atoms with E-state index in [0.29, 0.717) is 5.75 Å². The van der Waals surface area contributed by atoms with Gasteiger partial charge in [0, 0.05) is 24.5 Å². The van der Waals surface area contributed by atoms with Crippen molar-refractivity contribution in [2.24, 2.45) is 5.34 Å². The fourth-order valence-corrected chi connectivity index (χ4v) is 0.442. The lowest BCUT2D eigenvalue weighted by Crippen LogP contribution is -1.78. The minimum atomic E-state index is 0.403. The van der Waals surface area contributed by atoms with E-state index in [4.69, 9.17) is 0 Å². The van der Waals surface area contributed by atoms with Crippen LogP contribution >= 0.6 is 0 Å². The molecule has 0 N–H and O–H groups in total. The third-order valence-corrected chi connectivity index (χ3v) is 0.792. The van der Waals surface area contributed by atoms with Gasteiger partial charge in [-0.05, 0) is 0 Å². The number of nitrogens with zero attached hydrogens (tertiary/aromatic N) is 2. The van der Waals surface area contributed by atoms with Gasteiger partial charge in [-0.25, -0.2) is 0 Å². The van der Waals surface area contributed by atoms with E-state index in [1.54, 1.807) is 12.1 Å². The van der Waals surface area contributed by atoms with Gasteiger partial charge in [0.05, 0.1) is 0 Å². The van der Waals surface area contributed by atoms with Gasteiger partial charge in [0.1, 0.15) is 0 Å². The van der Waals surface area contributed by atoms with Crippen molar-refractivity contribution in [3.63, 3.8) is 0 Å². The summed E-state index contributed by atoms with van der Waals surface area (Å²) in [7, 11) is 0. The van der Waals surface area contributed by atoms with Crippen LogP contribution in [0.5, 0.6) is 5.75 Å². The summed E-state index contributed by atoms with van der Waals surface area (Å²) in [6.45, 7) is 0. The van der Waals surface area contributed by atoms with Crippen LogP contribution in [0.25, 0.3) is 0 Å². The summed E-state index contributed by atoms with van der Waals surface area (Å²) in [5.74, 6) is 0.403. The Hall–Kier alpha value is -1.45. The van der Waals surface area contributed by atoms with Gasteiger partial charge >= 0.3 is 0 Å². The van der Waals surface area contributed by atoms with Gasteiger partial charge in [-0.2, -0.15) is 0 Å². The first-order valence-electron chi connectivity index (χ1n) is 2.33. The molecule has 4 heteroatoms. The summed E-state index contributed by atoms with van der Waals surface area (Å²) in [6, 6.07) is 3.09. The van der Waals surface area contributed by atoms with E-state index < -0.39 is 0 Å². The second-order valence-corrected chi connectivity index (χ2v) is 1.35. The highest BCUT2D eigenvalue weighted by Crippen LogP contribution is 2.05. The van der Waals surface area contributed by atoms with Crippen molar-refractivity contribution in [1.82, 2.24) is 4.98 Å². The van der Waals surface area contributed by atoms with Crippen LogP contribution in [0.1, 0.15) is 0 Å². The molecule has 1 rings (SSSR count). The van der Waals surface area contributed by atoms with E-state index in [9.17, 15) is 4.91 Å². The summed E-state index contributed by atoms with van der Waals surface area (Å²) in [5.41, 5.74) is 0. The minimum Gasteiger partial charge on any atom is -0.324 e. The van der Waals surface area contributed by atoms with Crippen molar-refractivity contribution in [2.75, 3.05) is 0 Å². The first kappa shape index (κ1) is 5.68. The van der Waals surface area contributed by atoms with E-state index in [-0.39, 0.29) is 0 Å². The molecule has 1 aromatic rings. The van der Waals surface area contributed by atoms with Crippen LogP contribution < -0.4 is 4.84 Å². The van der Waals surface area contributed by atoms with Gasteiger partial charge in [-0.1, -0.05) is 0 Å². The number of pyridine rings is 1. The van der Waals surface area contributed by atoms with Gasteiger partial charge in [0.25, 0.3) is 0 Å². The molecule has 0 atom stereocenters. The zero-order chi connectivity index (χ0) is 6.53. The summed E-state index contributed by atoms with van der Waals surface area (Å²) in [4.78, 5) is 17.4. The molecular weight excluding hydrogens is 120 g/mol. The summed E-state index contributed by atoms with van der Waals surface area (Å²) in [5, 5.41) is 2.23. The molecule has 0 spiro atoms. The Morgan fingerprint density at radius 3 is 2.67 bits per heavy atom. The van der Waals surface area contributed by atoms with Crippen LogP contribution in [0.3, 0.4) is 0 Å². The Bertz CT molecular complexity index is 187. The minimum absolute atomic E-state index is 0.403. The number of rotatable bonds is 2. The van der Waals surface area contributed by atoms with Crippen LogP contribution in [-0.2, 0) is 0 Å². The number of aromatic nitrogens is 1. The van der Waals surface area contributed by atoms with Crippen LogP contribution in [0.15, 0.2) is 29.9 Å². The molecule has 4 nitrogen and oxygen atoms in total. The zero-order valence-electron chi connectivity index (χ0n) is 4.52. The summed E-state index contributed by atoms with van der Waals surface area (Å²) in [6.07, 6.45) is 3.03. The Kier molecular flexibility index (Phi) is 1.74. The molecule has 1 heterocycles. The Balaban J connectivity index is 2.72. The number of hydrogen-bond acceptors (Lipinski definition) is 4. The lowest BCUT2D eigenvalue weighted by atomic mass is 10.5. The first-order chi connectivity index (χ1) is 4.43. The standard InChI is InChI=1S/C5H4N2O2/c8-7-9-5-1-3-6-4-2-5/h1-4H. The average Bonchev–Trinajstić information content (AvgIpc) is 1.91. The molecule has 9 heavy (non-hydrogen) atoms. The van der Waals surface area contributed by atoms with Crippen molar-refractivity contribution < 1.29 is 4.84 Å². The molecule has 0 bridgehead atoms. The van der Waals surface area contributed by atoms with E-state index in [2.05, 4.69) is 15.2 Å². The summed E-state index contributed by atoms with van der Waals surface area (Å²) >= 11 is 0. The predicted molar refractivity (Wildman–Crippen MR) is 30.7 cm³/mol. The topological polar surface area (TPSA) is 51.5 Å². The predicted octanol–water partition coefficient (Wildman–Crippen LogP) is 1.14. The van der Waals surface area contributed by atoms with E-state index in [1.165, 1.54) is 12.4 Å². The molecule has 0 saturated carbocycles. The molecule has 1 aromatic heterocycles. The summed E-state index contributed by atoms with van der Waals surface area (Å²) < 4.78 is 0. The third kappa shape index (κ3) is 1.49. The average molecular weight is 124 g/mol. The first-order valence-corrected chi connectivity index (χ1v) is 2.33. The fraction of sp³-hybridized carbons (Fsp3) is 0. The Labute approximate surface area is 51.4 Å². The van der Waals surface area contributed by atoms with Gasteiger partial charge < -0.3 is 4.84 Å². The zero-order valence-corrected chi connectivity index (χ0v) is 4.52. The Morgan fingerprint density at radius 1 is 1.44 bits per heavy atom. The molecule has 46 valence electrons. The van der Waals surface area contributed by atoms with Crippen molar-refractivity contribution in [2.45, 2.75) is 0 Å². The lowest BCUT2D eigenvalue weighted by Gasteiger charge is -1.88. The quantitative estimate of drug-likeness (QED) is 0.438. The molecule has 0 saturated heterocycles. The Morgan fingerprint density at radius 2 is 2.11 bits per heavy atom. The largest absolute Gasteiger partial charge is 0.324 e. The van der Waals surface area contributed by atoms with E-state index in [0.717, 1.165) is 0 Å².